The quantitative estimate of drug-likeness (QED) is 0.378. The summed E-state index contributed by atoms with van der Waals surface area (Å²) in [5.74, 6) is -3.98. The average molecular weight is 453 g/mol. The molecule has 10 nitrogen and oxygen atoms in total. The minimum Gasteiger partial charge on any atom is -0.480 e. The van der Waals surface area contributed by atoms with Crippen molar-refractivity contribution in [3.63, 3.8) is 0 Å². The van der Waals surface area contributed by atoms with E-state index in [9.17, 15) is 24.3 Å². The van der Waals surface area contributed by atoms with Gasteiger partial charge in [-0.25, -0.2) is 4.79 Å². The Bertz CT molecular complexity index is 824. The number of rotatable bonds is 11. The first kappa shape index (κ1) is 26.9. The highest BCUT2D eigenvalue weighted by atomic mass is 16.7. The zero-order valence-electron chi connectivity index (χ0n) is 19.0. The van der Waals surface area contributed by atoms with Crippen molar-refractivity contribution < 1.29 is 43.2 Å². The molecule has 1 rings (SSSR count). The van der Waals surface area contributed by atoms with Crippen LogP contribution < -0.4 is 15.2 Å². The molecule has 0 saturated carbocycles. The van der Waals surface area contributed by atoms with E-state index >= 15 is 0 Å². The van der Waals surface area contributed by atoms with Gasteiger partial charge in [-0.3, -0.25) is 14.4 Å². The number of carboxylic acids is 1. The maximum Gasteiger partial charge on any atom is 0.508 e. The fraction of sp³-hybridized carbons (Fsp3) is 0.545. The van der Waals surface area contributed by atoms with Crippen LogP contribution in [0, 0.1) is 5.92 Å². The van der Waals surface area contributed by atoms with Crippen molar-refractivity contribution in [1.82, 2.24) is 0 Å². The van der Waals surface area contributed by atoms with Crippen LogP contribution in [0.2, 0.25) is 0 Å². The maximum atomic E-state index is 11.9. The number of carbonyl (C=O) groups is 4. The van der Waals surface area contributed by atoms with E-state index in [1.54, 1.807) is 13.8 Å². The Kier molecular flexibility index (Phi) is 10.6. The van der Waals surface area contributed by atoms with Crippen LogP contribution in [0.4, 0.5) is 4.79 Å². The minimum atomic E-state index is -1.35. The fourth-order valence-electron chi connectivity index (χ4n) is 3.22. The Morgan fingerprint density at radius 2 is 1.62 bits per heavy atom. The topological polar surface area (TPSA) is 151 Å². The highest BCUT2D eigenvalue weighted by molar-refractivity contribution is 5.76. The van der Waals surface area contributed by atoms with Gasteiger partial charge in [0.1, 0.15) is 12.1 Å². The summed E-state index contributed by atoms with van der Waals surface area (Å²) >= 11 is 0. The minimum absolute atomic E-state index is 0.00325. The molecule has 0 heterocycles. The molecule has 32 heavy (non-hydrogen) atoms. The first-order chi connectivity index (χ1) is 15.0. The summed E-state index contributed by atoms with van der Waals surface area (Å²) in [7, 11) is 0. The molecule has 0 aliphatic rings. The van der Waals surface area contributed by atoms with E-state index in [0.29, 0.717) is 12.0 Å². The first-order valence-electron chi connectivity index (χ1n) is 10.3. The van der Waals surface area contributed by atoms with Crippen molar-refractivity contribution >= 4 is 24.1 Å². The van der Waals surface area contributed by atoms with Gasteiger partial charge in [0.15, 0.2) is 11.5 Å². The number of nitrogens with two attached hydrogens (primary N) is 1. The zero-order valence-corrected chi connectivity index (χ0v) is 19.0. The van der Waals surface area contributed by atoms with Crippen molar-refractivity contribution in [3.8, 4) is 11.5 Å². The highest BCUT2D eigenvalue weighted by Gasteiger charge is 2.32. The van der Waals surface area contributed by atoms with Gasteiger partial charge in [-0.15, -0.1) is 0 Å². The Morgan fingerprint density at radius 3 is 2.16 bits per heavy atom. The predicted molar refractivity (Wildman–Crippen MR) is 113 cm³/mol. The van der Waals surface area contributed by atoms with Crippen molar-refractivity contribution in [2.45, 2.75) is 65.5 Å². The Morgan fingerprint density at radius 1 is 1.03 bits per heavy atom. The molecule has 1 aromatic rings. The van der Waals surface area contributed by atoms with Crippen LogP contribution in [0.3, 0.4) is 0 Å². The number of carbonyl (C=O) groups excluding carboxylic acids is 3. The lowest BCUT2D eigenvalue weighted by Gasteiger charge is -2.28. The number of esters is 2. The van der Waals surface area contributed by atoms with Gasteiger partial charge in [-0.2, -0.15) is 0 Å². The van der Waals surface area contributed by atoms with Gasteiger partial charge in [0.05, 0.1) is 6.61 Å². The van der Waals surface area contributed by atoms with Crippen LogP contribution in [0.1, 0.15) is 58.9 Å². The van der Waals surface area contributed by atoms with Crippen LogP contribution >= 0.6 is 0 Å². The summed E-state index contributed by atoms with van der Waals surface area (Å²) < 4.78 is 20.4. The average Bonchev–Trinajstić information content (AvgIpc) is 2.67. The van der Waals surface area contributed by atoms with Crippen LogP contribution in [0.25, 0.3) is 0 Å². The van der Waals surface area contributed by atoms with E-state index in [-0.39, 0.29) is 24.2 Å². The number of ether oxygens (including phenoxy) is 4. The highest BCUT2D eigenvalue weighted by Crippen LogP contribution is 2.35. The molecule has 3 unspecified atom stereocenters. The van der Waals surface area contributed by atoms with E-state index < -0.39 is 41.9 Å². The summed E-state index contributed by atoms with van der Waals surface area (Å²) in [4.78, 5) is 46.3. The third-order valence-electron chi connectivity index (χ3n) is 4.60. The van der Waals surface area contributed by atoms with Gasteiger partial charge >= 0.3 is 24.1 Å². The number of carboxylic acid groups (broad SMARTS) is 1. The molecular formula is C22H31NO9. The van der Waals surface area contributed by atoms with Gasteiger partial charge < -0.3 is 29.8 Å². The molecule has 0 saturated heterocycles. The molecule has 10 heteroatoms. The second-order valence-corrected chi connectivity index (χ2v) is 7.54. The number of hydrogen-bond acceptors (Lipinski definition) is 9. The van der Waals surface area contributed by atoms with Crippen molar-refractivity contribution in [2.24, 2.45) is 11.7 Å². The smallest absolute Gasteiger partial charge is 0.480 e. The van der Waals surface area contributed by atoms with E-state index in [4.69, 9.17) is 24.7 Å². The van der Waals surface area contributed by atoms with E-state index in [1.165, 1.54) is 32.0 Å². The summed E-state index contributed by atoms with van der Waals surface area (Å²) in [5, 5.41) is 9.49. The molecule has 0 fully saturated rings. The van der Waals surface area contributed by atoms with Crippen LogP contribution in [0.5, 0.6) is 11.5 Å². The second-order valence-electron chi connectivity index (χ2n) is 7.54. The fourth-order valence-corrected chi connectivity index (χ4v) is 3.22. The largest absolute Gasteiger partial charge is 0.508 e. The molecule has 0 amide bonds. The lowest BCUT2D eigenvalue weighted by atomic mass is 9.82. The number of aliphatic carboxylic acids is 1. The van der Waals surface area contributed by atoms with Gasteiger partial charge in [0.25, 0.3) is 0 Å². The van der Waals surface area contributed by atoms with Crippen molar-refractivity contribution in [3.05, 3.63) is 23.8 Å². The third kappa shape index (κ3) is 8.54. The standard InChI is InChI=1S/C22H31NO9/c1-6-7-13(3)30-22(28)29-11-12(2)19(20(23)21(26)27)16-8-9-17(31-14(4)24)18(10-16)32-15(5)25/h8-10,12-13,19-20H,6-7,11,23H2,1-5H3,(H,26,27)/t12?,13?,19?,20-/m0/s1. The Labute approximate surface area is 187 Å². The predicted octanol–water partition coefficient (Wildman–Crippen LogP) is 3.01. The van der Waals surface area contributed by atoms with E-state index in [0.717, 1.165) is 6.42 Å². The number of hydrogen-bond donors (Lipinski definition) is 2. The molecule has 1 aromatic carbocycles. The van der Waals surface area contributed by atoms with Crippen molar-refractivity contribution in [2.75, 3.05) is 6.61 Å². The van der Waals surface area contributed by atoms with Crippen molar-refractivity contribution in [1.29, 1.82) is 0 Å². The summed E-state index contributed by atoms with van der Waals surface area (Å²) in [6.07, 6.45) is 0.366. The van der Waals surface area contributed by atoms with Gasteiger partial charge in [-0.05, 0) is 37.0 Å². The molecule has 178 valence electrons. The third-order valence-corrected chi connectivity index (χ3v) is 4.60. The molecule has 0 bridgehead atoms. The van der Waals surface area contributed by atoms with Gasteiger partial charge in [0.2, 0.25) is 0 Å². The maximum absolute atomic E-state index is 11.9. The number of benzene rings is 1. The molecule has 0 aliphatic carbocycles. The molecule has 4 atom stereocenters. The lowest BCUT2D eigenvalue weighted by molar-refractivity contribution is -0.139. The van der Waals surface area contributed by atoms with Crippen LogP contribution in [0.15, 0.2) is 18.2 Å². The SMILES string of the molecule is CCCC(C)OC(=O)OCC(C)C(c1ccc(OC(C)=O)c(OC(C)=O)c1)[C@H](N)C(=O)O. The van der Waals surface area contributed by atoms with Gasteiger partial charge in [-0.1, -0.05) is 26.3 Å². The Balaban J connectivity index is 3.15. The van der Waals surface area contributed by atoms with Crippen LogP contribution in [-0.4, -0.2) is 47.9 Å². The summed E-state index contributed by atoms with van der Waals surface area (Å²) in [6.45, 7) is 7.58. The monoisotopic (exact) mass is 453 g/mol. The van der Waals surface area contributed by atoms with E-state index in [1.807, 2.05) is 6.92 Å². The normalized spacial score (nSPS) is 14.4. The molecular weight excluding hydrogens is 422 g/mol. The molecule has 0 spiro atoms. The molecule has 0 aliphatic heterocycles. The lowest BCUT2D eigenvalue weighted by Crippen LogP contribution is -2.40. The van der Waals surface area contributed by atoms with Crippen LogP contribution in [-0.2, 0) is 23.9 Å². The second kappa shape index (κ2) is 12.7. The van der Waals surface area contributed by atoms with Gasteiger partial charge in [0, 0.05) is 19.8 Å². The molecule has 3 N–H and O–H groups in total. The molecule has 0 radical (unpaired) electrons. The Hall–Kier alpha value is -3.14. The molecule has 0 aromatic heterocycles. The first-order valence-corrected chi connectivity index (χ1v) is 10.3. The summed E-state index contributed by atoms with van der Waals surface area (Å²) in [5.41, 5.74) is 6.33. The summed E-state index contributed by atoms with van der Waals surface area (Å²) in [6, 6.07) is 2.92. The zero-order chi connectivity index (χ0) is 24.4. The van der Waals surface area contributed by atoms with E-state index in [2.05, 4.69) is 0 Å².